The fourth-order valence-corrected chi connectivity index (χ4v) is 3.13. The standard InChI is InChI=1S/C16H18N3O4S/c1-23-15-10-11(2-7-14(15)20)8-9-19-24(21,22)13-5-3-12(4-6-13)16(17)18/h2-7,10,19H,8-9H2,1H3,(H3,17,18). The number of sulfonamides is 1. The molecule has 0 saturated carbocycles. The lowest BCUT2D eigenvalue weighted by molar-refractivity contribution is 0.315. The van der Waals surface area contributed by atoms with Crippen LogP contribution in [0, 0.1) is 5.41 Å². The first-order valence-corrected chi connectivity index (χ1v) is 8.60. The van der Waals surface area contributed by atoms with E-state index in [-0.39, 0.29) is 28.8 Å². The van der Waals surface area contributed by atoms with Crippen molar-refractivity contribution in [3.05, 3.63) is 53.6 Å². The third-order valence-corrected chi connectivity index (χ3v) is 4.89. The molecule has 0 aliphatic rings. The van der Waals surface area contributed by atoms with Crippen LogP contribution in [-0.2, 0) is 21.6 Å². The Morgan fingerprint density at radius 3 is 2.46 bits per heavy atom. The predicted octanol–water partition coefficient (Wildman–Crippen LogP) is 1.64. The number of ether oxygens (including phenoxy) is 1. The van der Waals surface area contributed by atoms with Gasteiger partial charge in [0.15, 0.2) is 5.75 Å². The van der Waals surface area contributed by atoms with Crippen LogP contribution < -0.4 is 15.2 Å². The third-order valence-electron chi connectivity index (χ3n) is 3.41. The Kier molecular flexibility index (Phi) is 5.42. The van der Waals surface area contributed by atoms with Crippen LogP contribution in [0.4, 0.5) is 0 Å². The van der Waals surface area contributed by atoms with Gasteiger partial charge < -0.3 is 10.5 Å². The quantitative estimate of drug-likeness (QED) is 0.519. The van der Waals surface area contributed by atoms with E-state index < -0.39 is 10.0 Å². The average Bonchev–Trinajstić information content (AvgIpc) is 2.56. The molecular formula is C16H18N3O4S. The molecule has 8 heteroatoms. The Morgan fingerprint density at radius 2 is 1.88 bits per heavy atom. The number of hydrogen-bond acceptors (Lipinski definition) is 4. The third kappa shape index (κ3) is 4.24. The lowest BCUT2D eigenvalue weighted by Crippen LogP contribution is -2.26. The summed E-state index contributed by atoms with van der Waals surface area (Å²) in [6, 6.07) is 10.4. The molecule has 0 unspecified atom stereocenters. The van der Waals surface area contributed by atoms with Gasteiger partial charge in [0.25, 0.3) is 0 Å². The van der Waals surface area contributed by atoms with Crippen molar-refractivity contribution in [3.63, 3.8) is 0 Å². The molecule has 0 bridgehead atoms. The molecular weight excluding hydrogens is 330 g/mol. The molecule has 0 spiro atoms. The van der Waals surface area contributed by atoms with Crippen molar-refractivity contribution in [2.75, 3.05) is 13.7 Å². The van der Waals surface area contributed by atoms with Crippen molar-refractivity contribution in [3.8, 4) is 11.5 Å². The van der Waals surface area contributed by atoms with E-state index in [1.807, 2.05) is 0 Å². The summed E-state index contributed by atoms with van der Waals surface area (Å²) in [6.45, 7) is 0.179. The monoisotopic (exact) mass is 348 g/mol. The van der Waals surface area contributed by atoms with E-state index in [4.69, 9.17) is 15.9 Å². The van der Waals surface area contributed by atoms with Gasteiger partial charge >= 0.3 is 0 Å². The van der Waals surface area contributed by atoms with Crippen LogP contribution in [0.3, 0.4) is 0 Å². The van der Waals surface area contributed by atoms with Crippen LogP contribution in [0.5, 0.6) is 11.5 Å². The first-order valence-electron chi connectivity index (χ1n) is 7.11. The van der Waals surface area contributed by atoms with Gasteiger partial charge in [-0.05, 0) is 48.4 Å². The summed E-state index contributed by atoms with van der Waals surface area (Å²) in [5.74, 6) is -0.106. The van der Waals surface area contributed by atoms with Gasteiger partial charge in [-0.25, -0.2) is 13.1 Å². The number of nitrogens with two attached hydrogens (primary N) is 1. The molecule has 2 aromatic carbocycles. The number of nitrogens with one attached hydrogen (secondary N) is 2. The van der Waals surface area contributed by atoms with Gasteiger partial charge in [0.2, 0.25) is 15.8 Å². The smallest absolute Gasteiger partial charge is 0.240 e. The number of amidine groups is 1. The molecule has 4 N–H and O–H groups in total. The van der Waals surface area contributed by atoms with Gasteiger partial charge in [0.1, 0.15) is 5.84 Å². The maximum absolute atomic E-state index is 12.2. The molecule has 0 saturated heterocycles. The van der Waals surface area contributed by atoms with Crippen LogP contribution in [-0.4, -0.2) is 27.9 Å². The highest BCUT2D eigenvalue weighted by molar-refractivity contribution is 7.89. The second-order valence-electron chi connectivity index (χ2n) is 5.07. The highest BCUT2D eigenvalue weighted by Crippen LogP contribution is 2.27. The molecule has 24 heavy (non-hydrogen) atoms. The topological polar surface area (TPSA) is 125 Å². The summed E-state index contributed by atoms with van der Waals surface area (Å²) in [5, 5.41) is 18.7. The normalized spacial score (nSPS) is 11.2. The van der Waals surface area contributed by atoms with Crippen molar-refractivity contribution in [1.29, 1.82) is 5.41 Å². The van der Waals surface area contributed by atoms with Gasteiger partial charge in [-0.15, -0.1) is 0 Å². The summed E-state index contributed by atoms with van der Waals surface area (Å²) in [4.78, 5) is 0.0972. The van der Waals surface area contributed by atoms with Crippen LogP contribution in [0.2, 0.25) is 0 Å². The van der Waals surface area contributed by atoms with Gasteiger partial charge in [-0.1, -0.05) is 6.07 Å². The molecule has 7 nitrogen and oxygen atoms in total. The average molecular weight is 348 g/mol. The fourth-order valence-electron chi connectivity index (χ4n) is 2.09. The number of nitrogen functional groups attached to an aromatic ring is 1. The second-order valence-corrected chi connectivity index (χ2v) is 6.84. The lowest BCUT2D eigenvalue weighted by Gasteiger charge is -2.08. The van der Waals surface area contributed by atoms with Crippen molar-refractivity contribution in [2.45, 2.75) is 11.3 Å². The fraction of sp³-hybridized carbons (Fsp3) is 0.188. The molecule has 0 fully saturated rings. The molecule has 0 heterocycles. The minimum absolute atomic E-state index is 0.0972. The van der Waals surface area contributed by atoms with Gasteiger partial charge in [-0.2, -0.15) is 0 Å². The minimum Gasteiger partial charge on any atom is -0.493 e. The Balaban J connectivity index is 2.01. The van der Waals surface area contributed by atoms with E-state index >= 15 is 0 Å². The zero-order chi connectivity index (χ0) is 17.7. The van der Waals surface area contributed by atoms with Gasteiger partial charge in [0.05, 0.1) is 12.0 Å². The first-order chi connectivity index (χ1) is 11.3. The Hall–Kier alpha value is -2.58. The highest BCUT2D eigenvalue weighted by atomic mass is 32.2. The van der Waals surface area contributed by atoms with Gasteiger partial charge in [-0.3, -0.25) is 10.5 Å². The molecule has 1 radical (unpaired) electrons. The molecule has 0 aliphatic heterocycles. The van der Waals surface area contributed by atoms with E-state index in [1.165, 1.54) is 37.4 Å². The molecule has 0 atom stereocenters. The zero-order valence-electron chi connectivity index (χ0n) is 13.1. The molecule has 2 aromatic rings. The molecule has 0 aliphatic carbocycles. The van der Waals surface area contributed by atoms with E-state index in [0.717, 1.165) is 5.56 Å². The molecule has 0 amide bonds. The van der Waals surface area contributed by atoms with E-state index in [1.54, 1.807) is 12.1 Å². The van der Waals surface area contributed by atoms with Crippen LogP contribution in [0.15, 0.2) is 47.4 Å². The highest BCUT2D eigenvalue weighted by Gasteiger charge is 2.14. The largest absolute Gasteiger partial charge is 0.493 e. The van der Waals surface area contributed by atoms with Crippen LogP contribution >= 0.6 is 0 Å². The Labute approximate surface area is 140 Å². The number of benzene rings is 2. The predicted molar refractivity (Wildman–Crippen MR) is 89.5 cm³/mol. The summed E-state index contributed by atoms with van der Waals surface area (Å²) in [7, 11) is -2.24. The van der Waals surface area contributed by atoms with Crippen LogP contribution in [0.1, 0.15) is 11.1 Å². The summed E-state index contributed by atoms with van der Waals surface area (Å²) in [6.07, 6.45) is 0.418. The van der Waals surface area contributed by atoms with Crippen molar-refractivity contribution < 1.29 is 18.3 Å². The Bertz CT molecular complexity index is 833. The molecule has 127 valence electrons. The number of rotatable bonds is 7. The van der Waals surface area contributed by atoms with E-state index in [0.29, 0.717) is 12.0 Å². The van der Waals surface area contributed by atoms with Crippen molar-refractivity contribution in [2.24, 2.45) is 5.73 Å². The zero-order valence-corrected chi connectivity index (χ0v) is 13.9. The maximum Gasteiger partial charge on any atom is 0.240 e. The SMILES string of the molecule is COc1cc(CCNS(=O)(=O)c2ccc(C(=N)N)cc2)ccc1[O]. The van der Waals surface area contributed by atoms with E-state index in [2.05, 4.69) is 4.72 Å². The van der Waals surface area contributed by atoms with Crippen molar-refractivity contribution >= 4 is 15.9 Å². The minimum atomic E-state index is -3.65. The van der Waals surface area contributed by atoms with E-state index in [9.17, 15) is 13.5 Å². The molecule has 0 aromatic heterocycles. The maximum atomic E-state index is 12.2. The lowest BCUT2D eigenvalue weighted by atomic mass is 10.1. The summed E-state index contributed by atoms with van der Waals surface area (Å²) < 4.78 is 31.9. The number of methoxy groups -OCH3 is 1. The second kappa shape index (κ2) is 7.33. The summed E-state index contributed by atoms with van der Waals surface area (Å²) >= 11 is 0. The Morgan fingerprint density at radius 1 is 1.21 bits per heavy atom. The van der Waals surface area contributed by atoms with Crippen molar-refractivity contribution in [1.82, 2.24) is 4.72 Å². The van der Waals surface area contributed by atoms with Gasteiger partial charge in [0, 0.05) is 12.1 Å². The molecule has 2 rings (SSSR count). The first kappa shape index (κ1) is 17.8. The summed E-state index contributed by atoms with van der Waals surface area (Å²) in [5.41, 5.74) is 6.59. The number of hydrogen-bond donors (Lipinski definition) is 3. The van der Waals surface area contributed by atoms with Crippen LogP contribution in [0.25, 0.3) is 0 Å².